The van der Waals surface area contributed by atoms with E-state index in [4.69, 9.17) is 14.5 Å². The highest BCUT2D eigenvalue weighted by Crippen LogP contribution is 2.48. The maximum atomic E-state index is 16.9. The fourth-order valence-corrected chi connectivity index (χ4v) is 7.80. The lowest BCUT2D eigenvalue weighted by molar-refractivity contribution is -0.140. The molecule has 45 heavy (non-hydrogen) atoms. The molecule has 4 unspecified atom stereocenters. The summed E-state index contributed by atoms with van der Waals surface area (Å²) in [4.78, 5) is 24.1. The van der Waals surface area contributed by atoms with Crippen molar-refractivity contribution >= 4 is 38.5 Å². The van der Waals surface area contributed by atoms with Crippen LogP contribution < -0.4 is 10.1 Å². The van der Waals surface area contributed by atoms with Crippen molar-refractivity contribution in [2.75, 3.05) is 33.9 Å². The van der Waals surface area contributed by atoms with Gasteiger partial charge in [-0.05, 0) is 74.2 Å². The van der Waals surface area contributed by atoms with E-state index in [1.807, 2.05) is 24.3 Å². The van der Waals surface area contributed by atoms with Gasteiger partial charge in [0.2, 0.25) is 5.88 Å². The third-order valence-electron chi connectivity index (χ3n) is 10.2. The topological polar surface area (TPSA) is 102 Å². The lowest BCUT2D eigenvalue weighted by atomic mass is 9.79. The van der Waals surface area contributed by atoms with E-state index >= 15 is 4.39 Å². The van der Waals surface area contributed by atoms with Gasteiger partial charge in [0.15, 0.2) is 5.82 Å². The number of benzene rings is 2. The van der Waals surface area contributed by atoms with E-state index in [1.54, 1.807) is 18.3 Å². The number of hydrogen-bond donors (Lipinski definition) is 2. The molecule has 5 aromatic rings. The molecule has 9 nitrogen and oxygen atoms in total. The third kappa shape index (κ3) is 4.61. The van der Waals surface area contributed by atoms with Crippen molar-refractivity contribution in [3.8, 4) is 22.9 Å². The minimum Gasteiger partial charge on any atom is -0.508 e. The Morgan fingerprint density at radius 2 is 2.04 bits per heavy atom. The Morgan fingerprint density at radius 3 is 2.80 bits per heavy atom. The van der Waals surface area contributed by atoms with Crippen LogP contribution in [0.1, 0.15) is 37.4 Å². The molecule has 9 rings (SSSR count). The number of likely N-dealkylation sites (tertiary alicyclic amines) is 1. The van der Waals surface area contributed by atoms with Gasteiger partial charge in [0.1, 0.15) is 23.6 Å². The van der Waals surface area contributed by atoms with E-state index in [1.165, 1.54) is 7.11 Å². The number of rotatable bonds is 8. The summed E-state index contributed by atoms with van der Waals surface area (Å²) >= 11 is 0. The molecule has 232 valence electrons. The number of nitrogens with one attached hydrogen (secondary N) is 1. The van der Waals surface area contributed by atoms with E-state index < -0.39 is 5.82 Å². The van der Waals surface area contributed by atoms with E-state index in [2.05, 4.69) is 32.9 Å². The van der Waals surface area contributed by atoms with Crippen molar-refractivity contribution in [1.82, 2.24) is 24.8 Å². The maximum absolute atomic E-state index is 16.9. The van der Waals surface area contributed by atoms with Gasteiger partial charge in [-0.2, -0.15) is 0 Å². The number of aryl methyl sites for hydroxylation is 1. The summed E-state index contributed by atoms with van der Waals surface area (Å²) in [5.74, 6) is 0.0212. The van der Waals surface area contributed by atoms with Crippen molar-refractivity contribution < 1.29 is 23.8 Å². The molecule has 0 spiro atoms. The van der Waals surface area contributed by atoms with Gasteiger partial charge in [0, 0.05) is 41.5 Å². The largest absolute Gasteiger partial charge is 0.508 e. The van der Waals surface area contributed by atoms with Gasteiger partial charge in [-0.25, -0.2) is 9.37 Å². The molecule has 1 aliphatic carbocycles. The number of likely N-dealkylation sites (N-methyl/N-ethyl adjacent to an activating group) is 1. The molecule has 1 saturated carbocycles. The molecular formula is C35H36FN5O4. The molecule has 10 heteroatoms. The van der Waals surface area contributed by atoms with Gasteiger partial charge in [0.25, 0.3) is 0 Å². The Morgan fingerprint density at radius 1 is 1.18 bits per heavy atom. The number of halogens is 1. The molecule has 2 bridgehead atoms. The summed E-state index contributed by atoms with van der Waals surface area (Å²) in [5.41, 5.74) is 2.60. The Hall–Kier alpha value is -4.28. The van der Waals surface area contributed by atoms with Gasteiger partial charge in [-0.1, -0.05) is 24.3 Å². The zero-order chi connectivity index (χ0) is 30.8. The second-order valence-electron chi connectivity index (χ2n) is 12.7. The monoisotopic (exact) mass is 609 g/mol. The SMILES string of the molecule is COC(=O)CCc1cc2c(OCC3CCCN3C)nc3c(F)c(-c4cc(O)cc5ccccc45)ncc3c2n1C1C2CNC1C2. The van der Waals surface area contributed by atoms with Crippen molar-refractivity contribution in [2.45, 2.75) is 50.2 Å². The summed E-state index contributed by atoms with van der Waals surface area (Å²) in [6, 6.07) is 13.6. The van der Waals surface area contributed by atoms with Crippen LogP contribution in [0.5, 0.6) is 11.6 Å². The quantitative estimate of drug-likeness (QED) is 0.227. The van der Waals surface area contributed by atoms with Crippen molar-refractivity contribution in [3.05, 3.63) is 60.2 Å². The number of aromatic hydroxyl groups is 1. The number of pyridine rings is 2. The van der Waals surface area contributed by atoms with Crippen LogP contribution in [-0.2, 0) is 16.0 Å². The van der Waals surface area contributed by atoms with Gasteiger partial charge in [-0.3, -0.25) is 9.78 Å². The second-order valence-corrected chi connectivity index (χ2v) is 12.7. The standard InChI is InChI=1S/C35H36FN5O4/c1-40-11-5-7-22(40)18-45-35-26-14-21(9-10-29(43)44-2)41(33-20-13-28(33)37-16-20)34(26)27-17-38-31(30(36)32(27)39-35)25-15-23(42)12-19-6-3-4-8-24(19)25/h3-4,6,8,12,14-15,17,20,22,28,33,37,42H,5,7,9-11,13,16,18H2,1-2H3. The van der Waals surface area contributed by atoms with Crippen LogP contribution >= 0.6 is 0 Å². The zero-order valence-corrected chi connectivity index (χ0v) is 25.4. The zero-order valence-electron chi connectivity index (χ0n) is 25.4. The van der Waals surface area contributed by atoms with Crippen LogP contribution in [-0.4, -0.2) is 76.4 Å². The van der Waals surface area contributed by atoms with E-state index in [9.17, 15) is 9.90 Å². The van der Waals surface area contributed by atoms with Crippen molar-refractivity contribution in [2.24, 2.45) is 5.92 Å². The van der Waals surface area contributed by atoms with Gasteiger partial charge in [-0.15, -0.1) is 0 Å². The number of hydrogen-bond acceptors (Lipinski definition) is 8. The number of aromatic nitrogens is 3. The minimum absolute atomic E-state index is 0.0372. The lowest BCUT2D eigenvalue weighted by Gasteiger charge is -2.38. The van der Waals surface area contributed by atoms with Crippen LogP contribution in [0.2, 0.25) is 0 Å². The maximum Gasteiger partial charge on any atom is 0.305 e. The van der Waals surface area contributed by atoms with Gasteiger partial charge >= 0.3 is 5.97 Å². The van der Waals surface area contributed by atoms with Crippen LogP contribution in [0, 0.1) is 11.7 Å². The molecular weight excluding hydrogens is 573 g/mol. The molecule has 4 aliphatic rings. The molecule has 3 aliphatic heterocycles. The van der Waals surface area contributed by atoms with E-state index in [0.29, 0.717) is 41.8 Å². The molecule has 6 heterocycles. The minimum atomic E-state index is -0.563. The first-order valence-electron chi connectivity index (χ1n) is 15.8. The third-order valence-corrected chi connectivity index (χ3v) is 10.2. The summed E-state index contributed by atoms with van der Waals surface area (Å²) in [7, 11) is 3.50. The number of fused-ring (bicyclic) bond motifs is 5. The van der Waals surface area contributed by atoms with Crippen LogP contribution in [0.15, 0.2) is 48.7 Å². The van der Waals surface area contributed by atoms with Crippen molar-refractivity contribution in [3.63, 3.8) is 0 Å². The van der Waals surface area contributed by atoms with Crippen LogP contribution in [0.25, 0.3) is 43.8 Å². The number of ether oxygens (including phenoxy) is 2. The molecule has 4 atom stereocenters. The summed E-state index contributed by atoms with van der Waals surface area (Å²) in [5, 5.41) is 17.1. The first-order valence-corrected chi connectivity index (χ1v) is 15.8. The fraction of sp³-hybridized carbons (Fsp3) is 0.400. The van der Waals surface area contributed by atoms with Crippen LogP contribution in [0.4, 0.5) is 4.39 Å². The highest BCUT2D eigenvalue weighted by molar-refractivity contribution is 6.08. The number of methoxy groups -OCH3 is 1. The van der Waals surface area contributed by atoms with Gasteiger partial charge < -0.3 is 29.4 Å². The number of phenols is 1. The average molecular weight is 610 g/mol. The average Bonchev–Trinajstić information content (AvgIpc) is 3.84. The molecule has 2 N–H and O–H groups in total. The van der Waals surface area contributed by atoms with E-state index in [-0.39, 0.29) is 41.4 Å². The normalized spacial score (nSPS) is 22.8. The molecule has 0 radical (unpaired) electrons. The Kier molecular flexibility index (Phi) is 6.87. The lowest BCUT2D eigenvalue weighted by Crippen LogP contribution is -2.39. The first kappa shape index (κ1) is 28.2. The van der Waals surface area contributed by atoms with Crippen LogP contribution in [0.3, 0.4) is 0 Å². The van der Waals surface area contributed by atoms with Gasteiger partial charge in [0.05, 0.1) is 30.5 Å². The summed E-state index contributed by atoms with van der Waals surface area (Å²) in [6.45, 7) is 2.38. The second kappa shape index (κ2) is 11.0. The number of nitrogens with zero attached hydrogens (tertiary/aromatic N) is 4. The Balaban J connectivity index is 1.35. The number of phenolic OH excluding ortho intramolecular Hbond substituents is 1. The van der Waals surface area contributed by atoms with E-state index in [0.717, 1.165) is 59.7 Å². The molecule has 3 aromatic heterocycles. The fourth-order valence-electron chi connectivity index (χ4n) is 7.80. The highest BCUT2D eigenvalue weighted by atomic mass is 19.1. The first-order chi connectivity index (χ1) is 21.9. The van der Waals surface area contributed by atoms with Crippen molar-refractivity contribution in [1.29, 1.82) is 0 Å². The summed E-state index contributed by atoms with van der Waals surface area (Å²) in [6.07, 6.45) is 5.64. The smallest absolute Gasteiger partial charge is 0.305 e. The molecule has 0 amide bonds. The Labute approximate surface area is 260 Å². The predicted octanol–water partition coefficient (Wildman–Crippen LogP) is 5.36. The summed E-state index contributed by atoms with van der Waals surface area (Å²) < 4.78 is 30.6. The molecule has 4 fully saturated rings. The number of carbonyl (C=O) groups is 1. The number of carbonyl (C=O) groups excluding carboxylic acids is 1. The highest BCUT2D eigenvalue weighted by Gasteiger charge is 2.49. The number of esters is 1. The Bertz CT molecular complexity index is 1960. The predicted molar refractivity (Wildman–Crippen MR) is 170 cm³/mol. The molecule has 2 aromatic carbocycles. The molecule has 3 saturated heterocycles.